The van der Waals surface area contributed by atoms with Crippen molar-refractivity contribution in [2.45, 2.75) is 64.4 Å². The molecule has 1 aromatic carbocycles. The van der Waals surface area contributed by atoms with E-state index in [-0.39, 0.29) is 16.5 Å². The Kier molecular flexibility index (Phi) is 7.44. The lowest BCUT2D eigenvalue weighted by molar-refractivity contribution is -0.155. The predicted octanol–water partition coefficient (Wildman–Crippen LogP) is 4.55. The first kappa shape index (κ1) is 22.3. The van der Waals surface area contributed by atoms with Gasteiger partial charge in [-0.1, -0.05) is 15.9 Å². The highest BCUT2D eigenvalue weighted by atomic mass is 79.9. The maximum Gasteiger partial charge on any atom is 0.308 e. The number of hydrogen-bond acceptors (Lipinski definition) is 4. The van der Waals surface area contributed by atoms with Gasteiger partial charge in [0.25, 0.3) is 0 Å². The van der Waals surface area contributed by atoms with Gasteiger partial charge in [0, 0.05) is 21.4 Å². The first-order valence-electron chi connectivity index (χ1n) is 7.75. The van der Waals surface area contributed by atoms with Crippen molar-refractivity contribution in [2.75, 3.05) is 0 Å². The van der Waals surface area contributed by atoms with Crippen molar-refractivity contribution in [3.05, 3.63) is 33.8 Å². The third kappa shape index (κ3) is 6.84. The molecule has 0 saturated heterocycles. The number of esters is 1. The van der Waals surface area contributed by atoms with Crippen LogP contribution in [-0.4, -0.2) is 20.9 Å². The molecule has 0 spiro atoms. The van der Waals surface area contributed by atoms with Gasteiger partial charge in [0.15, 0.2) is 11.6 Å². The van der Waals surface area contributed by atoms with Crippen molar-refractivity contribution in [3.8, 4) is 0 Å². The van der Waals surface area contributed by atoms with Gasteiger partial charge in [-0.05, 0) is 53.7 Å². The summed E-state index contributed by atoms with van der Waals surface area (Å²) in [5, 5.41) is 0. The maximum absolute atomic E-state index is 14.4. The first-order chi connectivity index (χ1) is 11.2. The van der Waals surface area contributed by atoms with Crippen LogP contribution in [0.2, 0.25) is 0 Å². The third-order valence-corrected chi connectivity index (χ3v) is 5.33. The number of carbonyl (C=O) groups is 1. The Hall–Kier alpha value is -0.700. The number of carbonyl (C=O) groups excluding carboxylic acids is 1. The summed E-state index contributed by atoms with van der Waals surface area (Å²) in [7, 11) is 0. The highest BCUT2D eigenvalue weighted by molar-refractivity contribution is 9.10. The zero-order valence-corrected chi connectivity index (χ0v) is 17.6. The fourth-order valence-electron chi connectivity index (χ4n) is 1.92. The molecule has 0 fully saturated rings. The summed E-state index contributed by atoms with van der Waals surface area (Å²) in [6.07, 6.45) is -0.294. The number of hydrogen-bond donors (Lipinski definition) is 1. The topological polar surface area (TPSA) is 61.4 Å². The first-order valence-corrected chi connectivity index (χ1v) is 9.70. The van der Waals surface area contributed by atoms with E-state index in [1.54, 1.807) is 41.5 Å². The normalized spacial score (nSPS) is 15.0. The van der Waals surface area contributed by atoms with Crippen molar-refractivity contribution < 1.29 is 22.9 Å². The van der Waals surface area contributed by atoms with Gasteiger partial charge in [-0.2, -0.15) is 0 Å². The third-order valence-electron chi connectivity index (χ3n) is 3.02. The summed E-state index contributed by atoms with van der Waals surface area (Å²) in [4.78, 5) is 12.2. The average Bonchev–Trinajstić information content (AvgIpc) is 2.40. The minimum Gasteiger partial charge on any atom is -0.598 e. The van der Waals surface area contributed by atoms with Crippen LogP contribution in [-0.2, 0) is 20.9 Å². The number of benzene rings is 1. The Morgan fingerprint density at radius 1 is 1.28 bits per heavy atom. The monoisotopic (exact) mass is 439 g/mol. The van der Waals surface area contributed by atoms with Crippen LogP contribution in [0.1, 0.15) is 59.6 Å². The van der Waals surface area contributed by atoms with Gasteiger partial charge in [-0.3, -0.25) is 4.79 Å². The molecule has 1 rings (SSSR count). The number of nitrogens with one attached hydrogen (secondary N) is 1. The molecule has 1 N–H and O–H groups in total. The maximum atomic E-state index is 14.4. The van der Waals surface area contributed by atoms with E-state index in [9.17, 15) is 18.1 Å². The van der Waals surface area contributed by atoms with Gasteiger partial charge in [0.2, 0.25) is 0 Å². The minimum absolute atomic E-state index is 0.0940. The molecular formula is C17H24BrF2NO3S. The molecule has 0 amide bonds. The highest BCUT2D eigenvalue weighted by Gasteiger charge is 2.34. The van der Waals surface area contributed by atoms with Gasteiger partial charge in [0.1, 0.15) is 10.3 Å². The van der Waals surface area contributed by atoms with Gasteiger partial charge in [-0.25, -0.2) is 8.78 Å². The molecule has 0 aliphatic carbocycles. The second-order valence-electron chi connectivity index (χ2n) is 7.60. The van der Waals surface area contributed by atoms with E-state index in [2.05, 4.69) is 20.7 Å². The van der Waals surface area contributed by atoms with Crippen LogP contribution in [0.15, 0.2) is 16.6 Å². The lowest BCUT2D eigenvalue weighted by Crippen LogP contribution is -2.42. The van der Waals surface area contributed by atoms with E-state index in [0.717, 1.165) is 6.07 Å². The van der Waals surface area contributed by atoms with Crippen molar-refractivity contribution in [2.24, 2.45) is 0 Å². The second-order valence-corrected chi connectivity index (χ2v) is 10.5. The Labute approximate surface area is 159 Å². The lowest BCUT2D eigenvalue weighted by atomic mass is 10.0. The lowest BCUT2D eigenvalue weighted by Gasteiger charge is -2.29. The molecule has 0 aliphatic heterocycles. The molecule has 0 radical (unpaired) electrons. The van der Waals surface area contributed by atoms with Crippen LogP contribution in [0.25, 0.3) is 0 Å². The summed E-state index contributed by atoms with van der Waals surface area (Å²) in [5.74, 6) is -2.75. The summed E-state index contributed by atoms with van der Waals surface area (Å²) >= 11 is 1.58. The van der Waals surface area contributed by atoms with Crippen LogP contribution in [0.3, 0.4) is 0 Å². The summed E-state index contributed by atoms with van der Waals surface area (Å²) in [5.41, 5.74) is -0.814. The van der Waals surface area contributed by atoms with Crippen LogP contribution >= 0.6 is 15.9 Å². The molecule has 1 unspecified atom stereocenters. The van der Waals surface area contributed by atoms with Crippen LogP contribution in [0, 0.1) is 11.6 Å². The molecule has 1 aromatic rings. The summed E-state index contributed by atoms with van der Waals surface area (Å²) < 4.78 is 48.1. The SMILES string of the molecule is CC(C)(C)OC(=O)C[C@@H](N[S+]([O-])C(C)(C)C)c1c(Br)ccc(F)c1F. The number of halogens is 3. The van der Waals surface area contributed by atoms with Crippen LogP contribution in [0.5, 0.6) is 0 Å². The fraction of sp³-hybridized carbons (Fsp3) is 0.588. The fourth-order valence-corrected chi connectivity index (χ4v) is 3.32. The van der Waals surface area contributed by atoms with Gasteiger partial charge in [0.05, 0.1) is 12.5 Å². The molecule has 8 heteroatoms. The number of ether oxygens (including phenoxy) is 1. The van der Waals surface area contributed by atoms with Gasteiger partial charge < -0.3 is 9.29 Å². The number of rotatable bonds is 5. The van der Waals surface area contributed by atoms with Gasteiger partial charge >= 0.3 is 5.97 Å². The van der Waals surface area contributed by atoms with E-state index in [4.69, 9.17) is 4.74 Å². The molecule has 4 nitrogen and oxygen atoms in total. The van der Waals surface area contributed by atoms with Crippen molar-refractivity contribution in [3.63, 3.8) is 0 Å². The standard InChI is InChI=1S/C17H24BrF2NO3S/c1-16(2,3)24-13(22)9-12(21-25(23)17(4,5)6)14-10(18)7-8-11(19)15(14)20/h7-8,12,21H,9H2,1-6H3/t12-,25?/m1/s1. The summed E-state index contributed by atoms with van der Waals surface area (Å²) in [6, 6.07) is 1.31. The van der Waals surface area contributed by atoms with Gasteiger partial charge in [-0.15, -0.1) is 4.72 Å². The second kappa shape index (κ2) is 8.33. The minimum atomic E-state index is -1.60. The van der Waals surface area contributed by atoms with E-state index in [1.807, 2.05) is 0 Å². The molecule has 0 bridgehead atoms. The molecular weight excluding hydrogens is 416 g/mol. The molecule has 25 heavy (non-hydrogen) atoms. The van der Waals surface area contributed by atoms with E-state index >= 15 is 0 Å². The quantitative estimate of drug-likeness (QED) is 0.415. The van der Waals surface area contributed by atoms with Crippen LogP contribution in [0.4, 0.5) is 8.78 Å². The van der Waals surface area contributed by atoms with E-state index < -0.39 is 45.4 Å². The highest BCUT2D eigenvalue weighted by Crippen LogP contribution is 2.32. The molecule has 0 saturated carbocycles. The summed E-state index contributed by atoms with van der Waals surface area (Å²) in [6.45, 7) is 10.3. The average molecular weight is 440 g/mol. The molecule has 0 aromatic heterocycles. The Bertz CT molecular complexity index is 630. The predicted molar refractivity (Wildman–Crippen MR) is 98.3 cm³/mol. The zero-order valence-electron chi connectivity index (χ0n) is 15.2. The largest absolute Gasteiger partial charge is 0.598 e. The van der Waals surface area contributed by atoms with Crippen LogP contribution < -0.4 is 4.72 Å². The Balaban J connectivity index is 3.21. The molecule has 2 atom stereocenters. The zero-order chi connectivity index (χ0) is 19.6. The Morgan fingerprint density at radius 3 is 2.32 bits per heavy atom. The smallest absolute Gasteiger partial charge is 0.308 e. The Morgan fingerprint density at radius 2 is 1.84 bits per heavy atom. The molecule has 0 aliphatic rings. The van der Waals surface area contributed by atoms with Crippen molar-refractivity contribution in [1.82, 2.24) is 4.72 Å². The molecule has 0 heterocycles. The molecule has 142 valence electrons. The van der Waals surface area contributed by atoms with E-state index in [1.165, 1.54) is 6.07 Å². The van der Waals surface area contributed by atoms with E-state index in [0.29, 0.717) is 0 Å². The van der Waals surface area contributed by atoms with Crippen molar-refractivity contribution in [1.29, 1.82) is 0 Å². The van der Waals surface area contributed by atoms with Crippen molar-refractivity contribution >= 4 is 33.3 Å².